The summed E-state index contributed by atoms with van der Waals surface area (Å²) in [6.45, 7) is 3.41. The van der Waals surface area contributed by atoms with Crippen LogP contribution in [0, 0.1) is 6.92 Å². The topological polar surface area (TPSA) is 68.1 Å². The van der Waals surface area contributed by atoms with Gasteiger partial charge in [-0.15, -0.1) is 0 Å². The molecule has 3 aromatic rings. The molecule has 28 heavy (non-hydrogen) atoms. The fraction of sp³-hybridized carbons (Fsp3) is 0.333. The molecule has 0 aliphatic carbocycles. The van der Waals surface area contributed by atoms with Crippen LogP contribution in [0.25, 0.3) is 16.8 Å². The van der Waals surface area contributed by atoms with Crippen molar-refractivity contribution in [2.45, 2.75) is 25.9 Å². The second-order valence-corrected chi connectivity index (χ2v) is 6.93. The summed E-state index contributed by atoms with van der Waals surface area (Å²) in [6, 6.07) is 12.1. The van der Waals surface area contributed by atoms with Gasteiger partial charge in [-0.05, 0) is 36.8 Å². The van der Waals surface area contributed by atoms with E-state index in [1.54, 1.807) is 4.90 Å². The first-order valence-corrected chi connectivity index (χ1v) is 9.43. The molecular formula is C21H24N4O3. The number of nitrogens with zero attached hydrogens (tertiary/aromatic N) is 3. The van der Waals surface area contributed by atoms with E-state index < -0.39 is 0 Å². The number of rotatable bonds is 4. The Kier molecular flexibility index (Phi) is 5.16. The molecule has 0 saturated carbocycles. The molecule has 7 heteroatoms. The van der Waals surface area contributed by atoms with Crippen LogP contribution in [0.15, 0.2) is 48.8 Å². The van der Waals surface area contributed by atoms with Gasteiger partial charge >= 0.3 is 6.03 Å². The summed E-state index contributed by atoms with van der Waals surface area (Å²) < 4.78 is 8.21. The Morgan fingerprint density at radius 2 is 1.89 bits per heavy atom. The van der Waals surface area contributed by atoms with Crippen LogP contribution < -0.4 is 10.2 Å². The number of hydroxylamine groups is 1. The van der Waals surface area contributed by atoms with Crippen molar-refractivity contribution in [3.8, 4) is 16.9 Å². The normalized spacial score (nSPS) is 15.0. The number of carbonyl (C=O) groups is 1. The van der Waals surface area contributed by atoms with E-state index in [2.05, 4.69) is 44.8 Å². The van der Waals surface area contributed by atoms with E-state index >= 15 is 0 Å². The SMILES string of the molecule is CONC(=O)N1CCC(Oc2ccc(-c3ccc4nccn4c3C)cc2)CC1. The number of carbonyl (C=O) groups excluding carboxylic acids is 1. The predicted octanol–water partition coefficient (Wildman–Crippen LogP) is 3.42. The van der Waals surface area contributed by atoms with E-state index in [1.807, 2.05) is 30.6 Å². The first-order chi connectivity index (χ1) is 13.7. The molecule has 3 heterocycles. The number of fused-ring (bicyclic) bond motifs is 1. The number of piperidine rings is 1. The van der Waals surface area contributed by atoms with Crippen molar-refractivity contribution in [1.29, 1.82) is 0 Å². The van der Waals surface area contributed by atoms with Gasteiger partial charge in [-0.1, -0.05) is 12.1 Å². The minimum atomic E-state index is -0.199. The molecule has 0 atom stereocenters. The van der Waals surface area contributed by atoms with Crippen LogP contribution in [-0.4, -0.2) is 46.6 Å². The number of nitrogens with one attached hydrogen (secondary N) is 1. The Morgan fingerprint density at radius 1 is 1.14 bits per heavy atom. The molecule has 0 radical (unpaired) electrons. The zero-order chi connectivity index (χ0) is 19.5. The van der Waals surface area contributed by atoms with Gasteiger partial charge in [-0.2, -0.15) is 0 Å². The van der Waals surface area contributed by atoms with Crippen molar-refractivity contribution < 1.29 is 14.4 Å². The molecule has 0 bridgehead atoms. The van der Waals surface area contributed by atoms with E-state index in [4.69, 9.17) is 4.74 Å². The Bertz CT molecular complexity index is 959. The maximum absolute atomic E-state index is 11.8. The molecular weight excluding hydrogens is 356 g/mol. The highest BCUT2D eigenvalue weighted by Crippen LogP contribution is 2.27. The molecule has 1 fully saturated rings. The first kappa shape index (κ1) is 18.3. The number of aromatic nitrogens is 2. The molecule has 146 valence electrons. The Balaban J connectivity index is 1.40. The predicted molar refractivity (Wildman–Crippen MR) is 106 cm³/mol. The number of ether oxygens (including phenoxy) is 1. The Morgan fingerprint density at radius 3 is 2.61 bits per heavy atom. The Hall–Kier alpha value is -3.06. The molecule has 1 N–H and O–H groups in total. The molecule has 2 aromatic heterocycles. The summed E-state index contributed by atoms with van der Waals surface area (Å²) in [5.74, 6) is 0.852. The standard InChI is InChI=1S/C21H24N4O3/c1-15-19(7-8-20-22-11-14-25(15)20)16-3-5-17(6-4-16)28-18-9-12-24(13-10-18)21(26)23-27-2/h3-8,11,14,18H,9-10,12-13H2,1-2H3,(H,23,26). The second kappa shape index (κ2) is 7.90. The third kappa shape index (κ3) is 3.66. The van der Waals surface area contributed by atoms with Crippen molar-refractivity contribution in [1.82, 2.24) is 19.8 Å². The van der Waals surface area contributed by atoms with Gasteiger partial charge in [0, 0.05) is 49.6 Å². The average molecular weight is 380 g/mol. The van der Waals surface area contributed by atoms with Crippen LogP contribution in [0.3, 0.4) is 0 Å². The molecule has 2 amide bonds. The van der Waals surface area contributed by atoms with Gasteiger partial charge in [-0.3, -0.25) is 4.84 Å². The third-order valence-electron chi connectivity index (χ3n) is 5.21. The minimum Gasteiger partial charge on any atom is -0.490 e. The van der Waals surface area contributed by atoms with Crippen LogP contribution in [0.2, 0.25) is 0 Å². The maximum Gasteiger partial charge on any atom is 0.341 e. The highest BCUT2D eigenvalue weighted by Gasteiger charge is 2.23. The minimum absolute atomic E-state index is 0.112. The summed E-state index contributed by atoms with van der Waals surface area (Å²) in [7, 11) is 1.44. The number of hydrogen-bond acceptors (Lipinski definition) is 4. The number of hydrogen-bond donors (Lipinski definition) is 1. The molecule has 1 aliphatic heterocycles. The molecule has 7 nitrogen and oxygen atoms in total. The van der Waals surface area contributed by atoms with E-state index in [0.717, 1.165) is 35.5 Å². The number of imidazole rings is 1. The van der Waals surface area contributed by atoms with Crippen molar-refractivity contribution >= 4 is 11.7 Å². The molecule has 1 aliphatic rings. The van der Waals surface area contributed by atoms with Crippen LogP contribution in [0.4, 0.5) is 4.79 Å². The Labute approximate surface area is 163 Å². The van der Waals surface area contributed by atoms with E-state index in [-0.39, 0.29) is 12.1 Å². The van der Waals surface area contributed by atoms with Gasteiger partial charge in [0.05, 0.1) is 7.11 Å². The van der Waals surface area contributed by atoms with Crippen LogP contribution in [0.1, 0.15) is 18.5 Å². The van der Waals surface area contributed by atoms with Crippen LogP contribution >= 0.6 is 0 Å². The first-order valence-electron chi connectivity index (χ1n) is 9.43. The summed E-state index contributed by atoms with van der Waals surface area (Å²) >= 11 is 0. The van der Waals surface area contributed by atoms with Gasteiger partial charge in [-0.25, -0.2) is 15.3 Å². The molecule has 1 aromatic carbocycles. The smallest absolute Gasteiger partial charge is 0.341 e. The molecule has 1 saturated heterocycles. The molecule has 0 unspecified atom stereocenters. The number of likely N-dealkylation sites (tertiary alicyclic amines) is 1. The van der Waals surface area contributed by atoms with Crippen LogP contribution in [-0.2, 0) is 4.84 Å². The highest BCUT2D eigenvalue weighted by molar-refractivity contribution is 5.73. The van der Waals surface area contributed by atoms with Gasteiger partial charge in [0.25, 0.3) is 0 Å². The lowest BCUT2D eigenvalue weighted by atomic mass is 10.0. The van der Waals surface area contributed by atoms with Crippen molar-refractivity contribution in [3.63, 3.8) is 0 Å². The quantitative estimate of drug-likeness (QED) is 0.704. The average Bonchev–Trinajstić information content (AvgIpc) is 3.20. The van der Waals surface area contributed by atoms with E-state index in [0.29, 0.717) is 13.1 Å². The van der Waals surface area contributed by atoms with E-state index in [9.17, 15) is 4.79 Å². The van der Waals surface area contributed by atoms with Gasteiger partial charge in [0.15, 0.2) is 0 Å². The van der Waals surface area contributed by atoms with Crippen LogP contribution in [0.5, 0.6) is 5.75 Å². The summed E-state index contributed by atoms with van der Waals surface area (Å²) in [6.07, 6.45) is 5.50. The highest BCUT2D eigenvalue weighted by atomic mass is 16.6. The lowest BCUT2D eigenvalue weighted by Crippen LogP contribution is -2.46. The molecule has 0 spiro atoms. The lowest BCUT2D eigenvalue weighted by molar-refractivity contribution is 0.0668. The third-order valence-corrected chi connectivity index (χ3v) is 5.21. The largest absolute Gasteiger partial charge is 0.490 e. The fourth-order valence-corrected chi connectivity index (χ4v) is 3.67. The number of aryl methyl sites for hydroxylation is 1. The van der Waals surface area contributed by atoms with Crippen molar-refractivity contribution in [2.24, 2.45) is 0 Å². The number of benzene rings is 1. The maximum atomic E-state index is 11.8. The summed E-state index contributed by atoms with van der Waals surface area (Å²) in [4.78, 5) is 22.5. The summed E-state index contributed by atoms with van der Waals surface area (Å²) in [5, 5.41) is 0. The monoisotopic (exact) mass is 380 g/mol. The van der Waals surface area contributed by atoms with Gasteiger partial charge in [0.2, 0.25) is 0 Å². The number of urea groups is 1. The van der Waals surface area contributed by atoms with Gasteiger partial charge < -0.3 is 14.0 Å². The van der Waals surface area contributed by atoms with Gasteiger partial charge in [0.1, 0.15) is 17.5 Å². The zero-order valence-corrected chi connectivity index (χ0v) is 16.1. The number of amides is 2. The van der Waals surface area contributed by atoms with Crippen molar-refractivity contribution in [2.75, 3.05) is 20.2 Å². The lowest BCUT2D eigenvalue weighted by Gasteiger charge is -2.31. The zero-order valence-electron chi connectivity index (χ0n) is 16.1. The number of pyridine rings is 1. The molecule has 4 rings (SSSR count). The second-order valence-electron chi connectivity index (χ2n) is 6.93. The van der Waals surface area contributed by atoms with E-state index in [1.165, 1.54) is 12.7 Å². The fourth-order valence-electron chi connectivity index (χ4n) is 3.67. The van der Waals surface area contributed by atoms with Crippen molar-refractivity contribution in [3.05, 3.63) is 54.5 Å². The summed E-state index contributed by atoms with van der Waals surface area (Å²) in [5.41, 5.74) is 6.78.